The van der Waals surface area contributed by atoms with Gasteiger partial charge in [-0.3, -0.25) is 5.32 Å². The monoisotopic (exact) mass is 360 g/mol. The molecular weight excluding hydrogens is 340 g/mol. The Morgan fingerprint density at radius 3 is 2.56 bits per heavy atom. The second-order valence-corrected chi connectivity index (χ2v) is 6.82. The molecule has 1 aromatic heterocycles. The van der Waals surface area contributed by atoms with E-state index in [4.69, 9.17) is 4.74 Å². The Morgan fingerprint density at radius 2 is 1.84 bits per heavy atom. The van der Waals surface area contributed by atoms with Gasteiger partial charge in [-0.2, -0.15) is 0 Å². The van der Waals surface area contributed by atoms with Crippen molar-refractivity contribution in [2.45, 2.75) is 45.1 Å². The molecule has 25 heavy (non-hydrogen) atoms. The van der Waals surface area contributed by atoms with Gasteiger partial charge in [0, 0.05) is 17.2 Å². The average Bonchev–Trinajstić information content (AvgIpc) is 3.06. The van der Waals surface area contributed by atoms with Gasteiger partial charge in [0.25, 0.3) is 0 Å². The first-order valence-corrected chi connectivity index (χ1v) is 9.07. The van der Waals surface area contributed by atoms with Crippen LogP contribution < -0.4 is 10.6 Å². The first-order chi connectivity index (χ1) is 12.1. The van der Waals surface area contributed by atoms with Gasteiger partial charge >= 0.3 is 12.0 Å². The molecule has 132 valence electrons. The number of esters is 1. The number of carbonyl (C=O) groups excluding carboxylic acids is 2. The zero-order valence-corrected chi connectivity index (χ0v) is 14.8. The Kier molecular flexibility index (Phi) is 5.60. The maximum Gasteiger partial charge on any atom is 0.362 e. The minimum absolute atomic E-state index is 0.0506. The summed E-state index contributed by atoms with van der Waals surface area (Å²) >= 11 is 0.947. The number of nitrogens with zero attached hydrogens (tertiary/aromatic N) is 2. The molecule has 0 aliphatic heterocycles. The van der Waals surface area contributed by atoms with Gasteiger partial charge in [-0.1, -0.05) is 28.6 Å². The van der Waals surface area contributed by atoms with Crippen LogP contribution in [0.1, 0.15) is 48.2 Å². The number of hydrogen-bond acceptors (Lipinski definition) is 6. The summed E-state index contributed by atoms with van der Waals surface area (Å²) < 4.78 is 9.24. The Bertz CT molecular complexity index is 739. The van der Waals surface area contributed by atoms with Gasteiger partial charge in [0.2, 0.25) is 5.69 Å². The average molecular weight is 360 g/mol. The van der Waals surface area contributed by atoms with E-state index in [0.29, 0.717) is 5.69 Å². The summed E-state index contributed by atoms with van der Waals surface area (Å²) in [5.74, 6) is -0.536. The Balaban J connectivity index is 1.59. The molecule has 7 nitrogen and oxygen atoms in total. The van der Waals surface area contributed by atoms with E-state index < -0.39 is 12.0 Å². The van der Waals surface area contributed by atoms with Crippen molar-refractivity contribution in [3.8, 4) is 0 Å². The van der Waals surface area contributed by atoms with Crippen LogP contribution in [0.2, 0.25) is 0 Å². The first-order valence-electron chi connectivity index (χ1n) is 8.30. The van der Waals surface area contributed by atoms with E-state index in [9.17, 15) is 9.59 Å². The summed E-state index contributed by atoms with van der Waals surface area (Å²) in [6.07, 6.45) is 4.99. The zero-order valence-electron chi connectivity index (χ0n) is 13.9. The van der Waals surface area contributed by atoms with E-state index in [1.807, 2.05) is 19.1 Å². The zero-order chi connectivity index (χ0) is 17.6. The van der Waals surface area contributed by atoms with Crippen molar-refractivity contribution in [1.82, 2.24) is 9.59 Å². The van der Waals surface area contributed by atoms with Crippen LogP contribution in [0, 0.1) is 6.92 Å². The molecule has 1 heterocycles. The SMILES string of the molecule is Cc1ccc(NC(=O)Nc2snnc2C(=O)OC2CCCCC2)cc1. The molecule has 0 radical (unpaired) electrons. The molecule has 0 unspecified atom stereocenters. The first kappa shape index (κ1) is 17.3. The summed E-state index contributed by atoms with van der Waals surface area (Å²) in [5, 5.41) is 9.41. The second kappa shape index (κ2) is 8.06. The van der Waals surface area contributed by atoms with Crippen LogP contribution in [0.15, 0.2) is 24.3 Å². The molecule has 0 saturated heterocycles. The lowest BCUT2D eigenvalue weighted by atomic mass is 9.98. The predicted molar refractivity (Wildman–Crippen MR) is 96.0 cm³/mol. The van der Waals surface area contributed by atoms with Crippen molar-refractivity contribution in [2.24, 2.45) is 0 Å². The van der Waals surface area contributed by atoms with E-state index in [-0.39, 0.29) is 16.8 Å². The molecule has 1 saturated carbocycles. The topological polar surface area (TPSA) is 93.2 Å². The van der Waals surface area contributed by atoms with Crippen LogP contribution in [0.5, 0.6) is 0 Å². The van der Waals surface area contributed by atoms with Gasteiger partial charge in [0.1, 0.15) is 6.10 Å². The number of carbonyl (C=O) groups is 2. The van der Waals surface area contributed by atoms with Crippen molar-refractivity contribution in [3.05, 3.63) is 35.5 Å². The second-order valence-electron chi connectivity index (χ2n) is 6.06. The summed E-state index contributed by atoms with van der Waals surface area (Å²) in [5.41, 5.74) is 1.81. The molecule has 1 aliphatic carbocycles. The molecular formula is C17H20N4O3S. The van der Waals surface area contributed by atoms with Crippen molar-refractivity contribution in [3.63, 3.8) is 0 Å². The number of aryl methyl sites for hydroxylation is 1. The number of nitrogens with one attached hydrogen (secondary N) is 2. The van der Waals surface area contributed by atoms with Crippen molar-refractivity contribution in [2.75, 3.05) is 10.6 Å². The van der Waals surface area contributed by atoms with E-state index in [2.05, 4.69) is 20.2 Å². The van der Waals surface area contributed by atoms with Crippen molar-refractivity contribution < 1.29 is 14.3 Å². The van der Waals surface area contributed by atoms with Gasteiger partial charge in [0.05, 0.1) is 0 Å². The Hall–Kier alpha value is -2.48. The molecule has 1 aromatic carbocycles. The van der Waals surface area contributed by atoms with Gasteiger partial charge in [-0.25, -0.2) is 9.59 Å². The van der Waals surface area contributed by atoms with E-state index in [1.54, 1.807) is 12.1 Å². The van der Waals surface area contributed by atoms with Crippen LogP contribution in [0.3, 0.4) is 0 Å². The Labute approximate surface area is 149 Å². The minimum Gasteiger partial charge on any atom is -0.458 e. The molecule has 1 fully saturated rings. The van der Waals surface area contributed by atoms with Crippen molar-refractivity contribution >= 4 is 34.2 Å². The number of aromatic nitrogens is 2. The van der Waals surface area contributed by atoms with Crippen LogP contribution in [-0.2, 0) is 4.74 Å². The fourth-order valence-electron chi connectivity index (χ4n) is 2.70. The smallest absolute Gasteiger partial charge is 0.362 e. The minimum atomic E-state index is -0.536. The summed E-state index contributed by atoms with van der Waals surface area (Å²) in [4.78, 5) is 24.4. The molecule has 0 spiro atoms. The number of benzene rings is 1. The number of amides is 2. The number of rotatable bonds is 4. The fraction of sp³-hybridized carbons (Fsp3) is 0.412. The third-order valence-electron chi connectivity index (χ3n) is 4.04. The van der Waals surface area contributed by atoms with E-state index in [0.717, 1.165) is 42.8 Å². The predicted octanol–water partition coefficient (Wildman–Crippen LogP) is 3.98. The van der Waals surface area contributed by atoms with Crippen LogP contribution in [-0.4, -0.2) is 27.7 Å². The highest BCUT2D eigenvalue weighted by atomic mass is 32.1. The van der Waals surface area contributed by atoms with E-state index in [1.165, 1.54) is 6.42 Å². The van der Waals surface area contributed by atoms with Crippen LogP contribution in [0.4, 0.5) is 15.5 Å². The molecule has 2 N–H and O–H groups in total. The third-order valence-corrected chi connectivity index (χ3v) is 4.69. The van der Waals surface area contributed by atoms with Gasteiger partial charge < -0.3 is 10.1 Å². The molecule has 8 heteroatoms. The number of anilines is 2. The van der Waals surface area contributed by atoms with Gasteiger partial charge in [0.15, 0.2) is 5.00 Å². The lowest BCUT2D eigenvalue weighted by molar-refractivity contribution is 0.0205. The standard InChI is InChI=1S/C17H20N4O3S/c1-11-7-9-12(10-8-11)18-17(23)19-15-14(20-21-25-15)16(22)24-13-5-3-2-4-6-13/h7-10,13H,2-6H2,1H3,(H2,18,19,23). The third kappa shape index (κ3) is 4.76. The van der Waals surface area contributed by atoms with Crippen LogP contribution in [0.25, 0.3) is 0 Å². The van der Waals surface area contributed by atoms with Gasteiger partial charge in [-0.15, -0.1) is 5.10 Å². The van der Waals surface area contributed by atoms with Gasteiger partial charge in [-0.05, 0) is 44.7 Å². The molecule has 0 bridgehead atoms. The molecule has 2 amide bonds. The summed E-state index contributed by atoms with van der Waals surface area (Å²) in [6.45, 7) is 1.97. The molecule has 3 rings (SSSR count). The number of ether oxygens (including phenoxy) is 1. The highest BCUT2D eigenvalue weighted by Gasteiger charge is 2.24. The number of urea groups is 1. The van der Waals surface area contributed by atoms with E-state index >= 15 is 0 Å². The highest BCUT2D eigenvalue weighted by molar-refractivity contribution is 7.10. The highest BCUT2D eigenvalue weighted by Crippen LogP contribution is 2.24. The molecule has 1 aliphatic rings. The summed E-state index contributed by atoms with van der Waals surface area (Å²) in [6, 6.07) is 6.95. The molecule has 2 aromatic rings. The lowest BCUT2D eigenvalue weighted by Gasteiger charge is -2.21. The normalized spacial score (nSPS) is 14.8. The van der Waals surface area contributed by atoms with Crippen LogP contribution >= 0.6 is 11.5 Å². The fourth-order valence-corrected chi connectivity index (χ4v) is 3.25. The maximum absolute atomic E-state index is 12.3. The summed E-state index contributed by atoms with van der Waals surface area (Å²) in [7, 11) is 0. The van der Waals surface area contributed by atoms with Crippen molar-refractivity contribution in [1.29, 1.82) is 0 Å². The Morgan fingerprint density at radius 1 is 1.12 bits per heavy atom. The lowest BCUT2D eigenvalue weighted by Crippen LogP contribution is -2.23. The largest absolute Gasteiger partial charge is 0.458 e. The molecule has 0 atom stereocenters. The maximum atomic E-state index is 12.3. The number of hydrogen-bond donors (Lipinski definition) is 2. The quantitative estimate of drug-likeness (QED) is 0.805.